The molecule has 0 aliphatic rings. The number of benzene rings is 5. The van der Waals surface area contributed by atoms with Crippen molar-refractivity contribution in [1.29, 1.82) is 0 Å². The van der Waals surface area contributed by atoms with Gasteiger partial charge in [0.05, 0.1) is 0 Å². The van der Waals surface area contributed by atoms with E-state index in [-0.39, 0.29) is 11.5 Å². The molecule has 0 fully saturated rings. The van der Waals surface area contributed by atoms with Gasteiger partial charge in [-0.25, -0.2) is 0 Å². The summed E-state index contributed by atoms with van der Waals surface area (Å²) in [4.78, 5) is 0. The van der Waals surface area contributed by atoms with Gasteiger partial charge in [-0.1, -0.05) is 91.0 Å². The van der Waals surface area contributed by atoms with E-state index in [1.807, 2.05) is 84.9 Å². The van der Waals surface area contributed by atoms with E-state index >= 15 is 0 Å². The minimum absolute atomic E-state index is 0.194. The number of rotatable bonds is 2. The Kier molecular flexibility index (Phi) is 3.77. The van der Waals surface area contributed by atoms with Crippen LogP contribution in [0.5, 0.6) is 11.5 Å². The molecule has 0 atom stereocenters. The molecule has 0 heterocycles. The van der Waals surface area contributed by atoms with Crippen LogP contribution in [0.15, 0.2) is 97.1 Å². The Morgan fingerprint density at radius 1 is 0.429 bits per heavy atom. The minimum Gasteiger partial charge on any atom is -0.507 e. The van der Waals surface area contributed by atoms with Gasteiger partial charge in [0.15, 0.2) is 0 Å². The highest BCUT2D eigenvalue weighted by Crippen LogP contribution is 2.48. The third-order valence-electron chi connectivity index (χ3n) is 5.28. The van der Waals surface area contributed by atoms with E-state index in [1.54, 1.807) is 0 Å². The lowest BCUT2D eigenvalue weighted by atomic mass is 9.87. The lowest BCUT2D eigenvalue weighted by molar-refractivity contribution is 0.478. The maximum atomic E-state index is 11.2. The summed E-state index contributed by atoms with van der Waals surface area (Å²) in [5, 5.41) is 24.8. The first kappa shape index (κ1) is 16.4. The fraction of sp³-hybridized carbons (Fsp3) is 0. The highest BCUT2D eigenvalue weighted by Gasteiger charge is 2.19. The Hall–Kier alpha value is -3.78. The van der Waals surface area contributed by atoms with Crippen LogP contribution in [0.4, 0.5) is 0 Å². The van der Waals surface area contributed by atoms with E-state index in [1.165, 1.54) is 0 Å². The Labute approximate surface area is 162 Å². The van der Waals surface area contributed by atoms with Gasteiger partial charge in [-0.2, -0.15) is 0 Å². The second-order valence-electron chi connectivity index (χ2n) is 6.89. The highest BCUT2D eigenvalue weighted by atomic mass is 16.3. The molecule has 134 valence electrons. The number of hydrogen-bond acceptors (Lipinski definition) is 2. The first-order chi connectivity index (χ1) is 13.8. The maximum absolute atomic E-state index is 11.2. The molecule has 2 nitrogen and oxygen atoms in total. The summed E-state index contributed by atoms with van der Waals surface area (Å²) in [6.45, 7) is 0. The van der Waals surface area contributed by atoms with Gasteiger partial charge < -0.3 is 10.2 Å². The van der Waals surface area contributed by atoms with Crippen molar-refractivity contribution in [2.24, 2.45) is 0 Å². The van der Waals surface area contributed by atoms with Gasteiger partial charge in [0, 0.05) is 27.1 Å². The number of aromatic hydroxyl groups is 2. The second kappa shape index (κ2) is 6.43. The molecular weight excluding hydrogens is 344 g/mol. The average molecular weight is 362 g/mol. The molecule has 0 aromatic heterocycles. The van der Waals surface area contributed by atoms with Crippen LogP contribution in [0.1, 0.15) is 0 Å². The van der Waals surface area contributed by atoms with Crippen molar-refractivity contribution < 1.29 is 10.2 Å². The molecule has 5 rings (SSSR count). The molecule has 0 saturated heterocycles. The molecule has 0 spiro atoms. The van der Waals surface area contributed by atoms with Crippen molar-refractivity contribution >= 4 is 21.5 Å². The van der Waals surface area contributed by atoms with Gasteiger partial charge in [0.2, 0.25) is 0 Å². The predicted molar refractivity (Wildman–Crippen MR) is 116 cm³/mol. The first-order valence-corrected chi connectivity index (χ1v) is 9.26. The third-order valence-corrected chi connectivity index (χ3v) is 5.28. The molecule has 0 aliphatic heterocycles. The average Bonchev–Trinajstić information content (AvgIpc) is 2.78. The van der Waals surface area contributed by atoms with Gasteiger partial charge >= 0.3 is 0 Å². The quantitative estimate of drug-likeness (QED) is 0.270. The van der Waals surface area contributed by atoms with Crippen molar-refractivity contribution in [2.45, 2.75) is 0 Å². The SMILES string of the molecule is Oc1c2ccccc2c(O)c2c(-c3ccccc3)c(-c3ccccc3)ccc12. The van der Waals surface area contributed by atoms with Crippen LogP contribution in [0.3, 0.4) is 0 Å². The van der Waals surface area contributed by atoms with Crippen molar-refractivity contribution in [2.75, 3.05) is 0 Å². The molecular formula is C26H18O2. The number of phenols is 2. The minimum atomic E-state index is 0.194. The molecule has 0 radical (unpaired) electrons. The molecule has 2 heteroatoms. The third kappa shape index (κ3) is 2.43. The Balaban J connectivity index is 2.01. The maximum Gasteiger partial charge on any atom is 0.132 e. The molecule has 0 bridgehead atoms. The number of hydrogen-bond donors (Lipinski definition) is 2. The fourth-order valence-electron chi connectivity index (χ4n) is 3.98. The van der Waals surface area contributed by atoms with E-state index in [4.69, 9.17) is 0 Å². The van der Waals surface area contributed by atoms with E-state index in [0.717, 1.165) is 22.3 Å². The predicted octanol–water partition coefficient (Wildman–Crippen LogP) is 6.74. The summed E-state index contributed by atoms with van der Waals surface area (Å²) in [6, 6.07) is 31.5. The summed E-state index contributed by atoms with van der Waals surface area (Å²) in [6.07, 6.45) is 0. The molecule has 2 N–H and O–H groups in total. The zero-order valence-corrected chi connectivity index (χ0v) is 15.1. The van der Waals surface area contributed by atoms with Gasteiger partial charge in [0.25, 0.3) is 0 Å². The van der Waals surface area contributed by atoms with Crippen LogP contribution in [-0.4, -0.2) is 10.2 Å². The van der Waals surface area contributed by atoms with E-state index in [9.17, 15) is 10.2 Å². The smallest absolute Gasteiger partial charge is 0.132 e. The van der Waals surface area contributed by atoms with E-state index in [0.29, 0.717) is 21.5 Å². The van der Waals surface area contributed by atoms with Crippen LogP contribution in [0.25, 0.3) is 43.8 Å². The monoisotopic (exact) mass is 362 g/mol. The molecule has 5 aromatic rings. The molecule has 0 aliphatic carbocycles. The van der Waals surface area contributed by atoms with Crippen molar-refractivity contribution in [1.82, 2.24) is 0 Å². The summed E-state index contributed by atoms with van der Waals surface area (Å²) < 4.78 is 0. The van der Waals surface area contributed by atoms with Crippen LogP contribution >= 0.6 is 0 Å². The topological polar surface area (TPSA) is 40.5 Å². The summed E-state index contributed by atoms with van der Waals surface area (Å²) >= 11 is 0. The van der Waals surface area contributed by atoms with Crippen LogP contribution < -0.4 is 0 Å². The van der Waals surface area contributed by atoms with Crippen molar-refractivity contribution in [3.8, 4) is 33.8 Å². The van der Waals surface area contributed by atoms with Gasteiger partial charge in [-0.05, 0) is 22.8 Å². The number of fused-ring (bicyclic) bond motifs is 2. The van der Waals surface area contributed by atoms with Gasteiger partial charge in [0.1, 0.15) is 11.5 Å². The Bertz CT molecular complexity index is 1310. The zero-order valence-electron chi connectivity index (χ0n) is 15.1. The van der Waals surface area contributed by atoms with Crippen molar-refractivity contribution in [3.63, 3.8) is 0 Å². The molecule has 0 amide bonds. The normalized spacial score (nSPS) is 11.1. The number of phenolic OH excluding ortho intramolecular Hbond substituents is 2. The Morgan fingerprint density at radius 3 is 1.61 bits per heavy atom. The fourth-order valence-corrected chi connectivity index (χ4v) is 3.98. The van der Waals surface area contributed by atoms with Crippen LogP contribution in [0, 0.1) is 0 Å². The highest BCUT2D eigenvalue weighted by molar-refractivity contribution is 6.17. The second-order valence-corrected chi connectivity index (χ2v) is 6.89. The Morgan fingerprint density at radius 2 is 0.964 bits per heavy atom. The van der Waals surface area contributed by atoms with E-state index in [2.05, 4.69) is 12.1 Å². The summed E-state index contributed by atoms with van der Waals surface area (Å²) in [5.74, 6) is 0.389. The standard InChI is InChI=1S/C26H18O2/c27-25-20-13-7-8-14-21(20)26(28)24-22(25)16-15-19(17-9-3-1-4-10-17)23(24)18-11-5-2-6-12-18/h1-16,27-28H. The lowest BCUT2D eigenvalue weighted by Crippen LogP contribution is -1.90. The first-order valence-electron chi connectivity index (χ1n) is 9.26. The lowest BCUT2D eigenvalue weighted by Gasteiger charge is -2.17. The van der Waals surface area contributed by atoms with E-state index < -0.39 is 0 Å². The zero-order chi connectivity index (χ0) is 19.1. The molecule has 0 saturated carbocycles. The summed E-state index contributed by atoms with van der Waals surface area (Å²) in [5.41, 5.74) is 4.00. The molecule has 0 unspecified atom stereocenters. The van der Waals surface area contributed by atoms with Gasteiger partial charge in [-0.15, -0.1) is 0 Å². The molecule has 28 heavy (non-hydrogen) atoms. The van der Waals surface area contributed by atoms with Crippen LogP contribution in [0.2, 0.25) is 0 Å². The van der Waals surface area contributed by atoms with Gasteiger partial charge in [-0.3, -0.25) is 0 Å². The molecule has 5 aromatic carbocycles. The largest absolute Gasteiger partial charge is 0.507 e. The summed E-state index contributed by atoms with van der Waals surface area (Å²) in [7, 11) is 0. The van der Waals surface area contributed by atoms with Crippen molar-refractivity contribution in [3.05, 3.63) is 97.1 Å². The van der Waals surface area contributed by atoms with Crippen LogP contribution in [-0.2, 0) is 0 Å².